The van der Waals surface area contributed by atoms with Gasteiger partial charge in [-0.05, 0) is 30.7 Å². The number of ether oxygens (including phenoxy) is 1. The standard InChI is InChI=1S/C18H23NO3/c1-13(20)19-16-10-6-5-9-15(16)11-17(19)18(21)22-12-14-7-3-2-4-8-14/h2-4,7-8,15-17H,5-6,9-12H2,1H3/t15?,16-,17-/m0/s1. The molecule has 0 N–H and O–H groups in total. The second-order valence-electron chi connectivity index (χ2n) is 6.38. The van der Waals surface area contributed by atoms with Gasteiger partial charge in [-0.3, -0.25) is 4.79 Å². The van der Waals surface area contributed by atoms with Gasteiger partial charge in [0.2, 0.25) is 5.91 Å². The maximum absolute atomic E-state index is 12.5. The van der Waals surface area contributed by atoms with Gasteiger partial charge in [0.15, 0.2) is 0 Å². The van der Waals surface area contributed by atoms with Crippen LogP contribution in [0.5, 0.6) is 0 Å². The number of carbonyl (C=O) groups excluding carboxylic acids is 2. The highest BCUT2D eigenvalue weighted by atomic mass is 16.5. The van der Waals surface area contributed by atoms with Crippen molar-refractivity contribution in [3.63, 3.8) is 0 Å². The van der Waals surface area contributed by atoms with Crippen molar-refractivity contribution in [1.82, 2.24) is 4.90 Å². The highest BCUT2D eigenvalue weighted by Crippen LogP contribution is 2.40. The van der Waals surface area contributed by atoms with E-state index in [9.17, 15) is 9.59 Å². The average Bonchev–Trinajstić information content (AvgIpc) is 2.93. The summed E-state index contributed by atoms with van der Waals surface area (Å²) in [6.45, 7) is 1.84. The molecule has 3 atom stereocenters. The highest BCUT2D eigenvalue weighted by molar-refractivity contribution is 5.84. The monoisotopic (exact) mass is 301 g/mol. The molecule has 118 valence electrons. The average molecular weight is 301 g/mol. The van der Waals surface area contributed by atoms with Crippen LogP contribution >= 0.6 is 0 Å². The van der Waals surface area contributed by atoms with Crippen molar-refractivity contribution in [3.8, 4) is 0 Å². The summed E-state index contributed by atoms with van der Waals surface area (Å²) in [5, 5.41) is 0. The lowest BCUT2D eigenvalue weighted by molar-refractivity contribution is -0.155. The lowest BCUT2D eigenvalue weighted by atomic mass is 9.85. The summed E-state index contributed by atoms with van der Waals surface area (Å²) in [5.74, 6) is 0.205. The molecule has 1 heterocycles. The topological polar surface area (TPSA) is 46.6 Å². The van der Waals surface area contributed by atoms with Crippen molar-refractivity contribution in [2.45, 2.75) is 57.7 Å². The number of hydrogen-bond acceptors (Lipinski definition) is 3. The predicted molar refractivity (Wildman–Crippen MR) is 82.9 cm³/mol. The third-order valence-electron chi connectivity index (χ3n) is 4.95. The molecule has 3 rings (SSSR count). The van der Waals surface area contributed by atoms with Gasteiger partial charge in [0.05, 0.1) is 0 Å². The van der Waals surface area contributed by atoms with Crippen LogP contribution < -0.4 is 0 Å². The van der Waals surface area contributed by atoms with Crippen molar-refractivity contribution in [3.05, 3.63) is 35.9 Å². The third kappa shape index (κ3) is 3.01. The maximum Gasteiger partial charge on any atom is 0.329 e. The minimum Gasteiger partial charge on any atom is -0.459 e. The third-order valence-corrected chi connectivity index (χ3v) is 4.95. The Kier molecular flexibility index (Phi) is 4.46. The van der Waals surface area contributed by atoms with E-state index in [4.69, 9.17) is 4.74 Å². The van der Waals surface area contributed by atoms with Gasteiger partial charge in [0.25, 0.3) is 0 Å². The predicted octanol–water partition coefficient (Wildman–Crippen LogP) is 2.91. The van der Waals surface area contributed by atoms with Crippen molar-refractivity contribution < 1.29 is 14.3 Å². The Labute approximate surface area is 131 Å². The SMILES string of the molecule is CC(=O)N1[C@H](C(=O)OCc2ccccc2)CC2CCCC[C@@H]21. The van der Waals surface area contributed by atoms with E-state index >= 15 is 0 Å². The second-order valence-corrected chi connectivity index (χ2v) is 6.38. The van der Waals surface area contributed by atoms with E-state index in [-0.39, 0.29) is 24.5 Å². The molecule has 1 aliphatic carbocycles. The largest absolute Gasteiger partial charge is 0.459 e. The molecule has 1 unspecified atom stereocenters. The molecule has 0 spiro atoms. The van der Waals surface area contributed by atoms with Crippen LogP contribution in [-0.2, 0) is 20.9 Å². The summed E-state index contributed by atoms with van der Waals surface area (Å²) in [4.78, 5) is 26.3. The number of benzene rings is 1. The highest BCUT2D eigenvalue weighted by Gasteiger charge is 2.46. The zero-order chi connectivity index (χ0) is 15.5. The summed E-state index contributed by atoms with van der Waals surface area (Å²) < 4.78 is 5.47. The number of hydrogen-bond donors (Lipinski definition) is 0. The van der Waals surface area contributed by atoms with Gasteiger partial charge in [0.1, 0.15) is 12.6 Å². The van der Waals surface area contributed by atoms with Crippen molar-refractivity contribution in [2.24, 2.45) is 5.92 Å². The molecule has 1 saturated carbocycles. The van der Waals surface area contributed by atoms with Gasteiger partial charge < -0.3 is 9.64 Å². The molecule has 2 fully saturated rings. The van der Waals surface area contributed by atoms with E-state index in [0.29, 0.717) is 5.92 Å². The smallest absolute Gasteiger partial charge is 0.329 e. The Bertz CT molecular complexity index is 543. The molecule has 1 aromatic carbocycles. The zero-order valence-electron chi connectivity index (χ0n) is 13.0. The van der Waals surface area contributed by atoms with Crippen LogP contribution in [0.1, 0.15) is 44.6 Å². The number of fused-ring (bicyclic) bond motifs is 1. The van der Waals surface area contributed by atoms with Gasteiger partial charge in [-0.15, -0.1) is 0 Å². The van der Waals surface area contributed by atoms with Crippen LogP contribution in [0.3, 0.4) is 0 Å². The number of amides is 1. The lowest BCUT2D eigenvalue weighted by Crippen LogP contribution is -2.45. The van der Waals surface area contributed by atoms with E-state index in [2.05, 4.69) is 0 Å². The molecular weight excluding hydrogens is 278 g/mol. The number of likely N-dealkylation sites (tertiary alicyclic amines) is 1. The summed E-state index contributed by atoms with van der Waals surface area (Å²) in [6, 6.07) is 9.50. The molecule has 1 aromatic rings. The molecule has 1 saturated heterocycles. The summed E-state index contributed by atoms with van der Waals surface area (Å²) in [7, 11) is 0. The van der Waals surface area contributed by atoms with Gasteiger partial charge >= 0.3 is 5.97 Å². The first-order chi connectivity index (χ1) is 10.7. The quantitative estimate of drug-likeness (QED) is 0.806. The van der Waals surface area contributed by atoms with E-state index in [1.54, 1.807) is 11.8 Å². The van der Waals surface area contributed by atoms with Gasteiger partial charge in [-0.1, -0.05) is 43.2 Å². The Balaban J connectivity index is 1.66. The van der Waals surface area contributed by atoms with E-state index in [1.807, 2.05) is 30.3 Å². The van der Waals surface area contributed by atoms with Crippen LogP contribution in [0, 0.1) is 5.92 Å². The van der Waals surface area contributed by atoms with Crippen molar-refractivity contribution >= 4 is 11.9 Å². The summed E-state index contributed by atoms with van der Waals surface area (Å²) in [6.07, 6.45) is 5.26. The number of rotatable bonds is 3. The lowest BCUT2D eigenvalue weighted by Gasteiger charge is -2.32. The van der Waals surface area contributed by atoms with Gasteiger partial charge in [0, 0.05) is 13.0 Å². The molecule has 4 nitrogen and oxygen atoms in total. The molecule has 0 bridgehead atoms. The van der Waals surface area contributed by atoms with Crippen molar-refractivity contribution in [2.75, 3.05) is 0 Å². The fraction of sp³-hybridized carbons (Fsp3) is 0.556. The fourth-order valence-corrected chi connectivity index (χ4v) is 3.95. The molecular formula is C18H23NO3. The second kappa shape index (κ2) is 6.51. The molecule has 1 amide bonds. The Morgan fingerprint density at radius 1 is 1.18 bits per heavy atom. The van der Waals surface area contributed by atoms with Crippen LogP contribution in [0.25, 0.3) is 0 Å². The normalized spacial score (nSPS) is 27.3. The summed E-state index contributed by atoms with van der Waals surface area (Å²) in [5.41, 5.74) is 0.973. The molecule has 4 heteroatoms. The number of esters is 1. The minimum absolute atomic E-state index is 0.00365. The zero-order valence-corrected chi connectivity index (χ0v) is 13.0. The van der Waals surface area contributed by atoms with Crippen LogP contribution in [-0.4, -0.2) is 28.9 Å². The first-order valence-corrected chi connectivity index (χ1v) is 8.16. The van der Waals surface area contributed by atoms with E-state index < -0.39 is 6.04 Å². The summed E-state index contributed by atoms with van der Waals surface area (Å²) >= 11 is 0. The Morgan fingerprint density at radius 2 is 1.91 bits per heavy atom. The molecule has 2 aliphatic rings. The van der Waals surface area contributed by atoms with E-state index in [1.165, 1.54) is 6.42 Å². The number of carbonyl (C=O) groups is 2. The molecule has 0 radical (unpaired) electrons. The van der Waals surface area contributed by atoms with Crippen LogP contribution in [0.2, 0.25) is 0 Å². The Morgan fingerprint density at radius 3 is 2.64 bits per heavy atom. The van der Waals surface area contributed by atoms with E-state index in [0.717, 1.165) is 31.2 Å². The van der Waals surface area contributed by atoms with Gasteiger partial charge in [-0.2, -0.15) is 0 Å². The van der Waals surface area contributed by atoms with Crippen LogP contribution in [0.4, 0.5) is 0 Å². The van der Waals surface area contributed by atoms with Gasteiger partial charge in [-0.25, -0.2) is 4.79 Å². The first kappa shape index (κ1) is 15.1. The fourth-order valence-electron chi connectivity index (χ4n) is 3.95. The maximum atomic E-state index is 12.5. The first-order valence-electron chi connectivity index (χ1n) is 8.16. The minimum atomic E-state index is -0.394. The molecule has 0 aromatic heterocycles. The number of nitrogens with zero attached hydrogens (tertiary/aromatic N) is 1. The van der Waals surface area contributed by atoms with Crippen LogP contribution in [0.15, 0.2) is 30.3 Å². The Hall–Kier alpha value is -1.84. The molecule has 1 aliphatic heterocycles. The molecule has 22 heavy (non-hydrogen) atoms. The van der Waals surface area contributed by atoms with Crippen molar-refractivity contribution in [1.29, 1.82) is 0 Å².